The summed E-state index contributed by atoms with van der Waals surface area (Å²) in [6.45, 7) is 3.68. The Morgan fingerprint density at radius 2 is 1.86 bits per heavy atom. The van der Waals surface area contributed by atoms with Gasteiger partial charge in [-0.05, 0) is 42.7 Å². The molecule has 2 aromatic carbocycles. The maximum atomic E-state index is 11.1. The molecule has 0 unspecified atom stereocenters. The quantitative estimate of drug-likeness (QED) is 0.761. The molecule has 0 heterocycles. The van der Waals surface area contributed by atoms with E-state index in [1.165, 1.54) is 0 Å². The van der Waals surface area contributed by atoms with E-state index >= 15 is 0 Å². The fourth-order valence-electron chi connectivity index (χ4n) is 2.11. The van der Waals surface area contributed by atoms with Crippen molar-refractivity contribution in [2.75, 3.05) is 0 Å². The smallest absolute Gasteiger partial charge is 0.405 e. The Bertz CT molecular complexity index is 625. The molecule has 0 aliphatic carbocycles. The highest BCUT2D eigenvalue weighted by Crippen LogP contribution is 2.28. The number of nitrogens with two attached hydrogens (primary N) is 1. The molecular weight excluding hydrogens is 278 g/mol. The summed E-state index contributed by atoms with van der Waals surface area (Å²) in [5, 5.41) is 0. The number of carbonyl (C=O) groups is 1. The number of hydrogen-bond donors (Lipinski definition) is 1. The van der Waals surface area contributed by atoms with E-state index in [-0.39, 0.29) is 0 Å². The zero-order valence-corrected chi connectivity index (χ0v) is 12.3. The zero-order valence-electron chi connectivity index (χ0n) is 12.3. The first-order chi connectivity index (χ1) is 10.7. The van der Waals surface area contributed by atoms with Gasteiger partial charge in [0.1, 0.15) is 17.6 Å². The summed E-state index contributed by atoms with van der Waals surface area (Å²) in [6.07, 6.45) is 1.93. The Morgan fingerprint density at radius 1 is 1.14 bits per heavy atom. The molecule has 0 saturated carbocycles. The third-order valence-electron chi connectivity index (χ3n) is 3.10. The van der Waals surface area contributed by atoms with E-state index in [0.717, 1.165) is 17.7 Å². The predicted octanol–water partition coefficient (Wildman–Crippen LogP) is 4.58. The average Bonchev–Trinajstić information content (AvgIpc) is 2.52. The average molecular weight is 297 g/mol. The summed E-state index contributed by atoms with van der Waals surface area (Å²) in [6, 6.07) is 16.9. The molecule has 0 saturated heterocycles. The normalized spacial score (nSPS) is 11.5. The van der Waals surface area contributed by atoms with Gasteiger partial charge in [-0.25, -0.2) is 4.79 Å². The molecule has 0 spiro atoms. The number of ether oxygens (including phenoxy) is 2. The second kappa shape index (κ2) is 7.88. The third-order valence-corrected chi connectivity index (χ3v) is 3.10. The van der Waals surface area contributed by atoms with E-state index in [9.17, 15) is 4.79 Å². The second-order valence-corrected chi connectivity index (χ2v) is 4.78. The van der Waals surface area contributed by atoms with Crippen molar-refractivity contribution < 1.29 is 14.3 Å². The van der Waals surface area contributed by atoms with Gasteiger partial charge in [0, 0.05) is 0 Å². The van der Waals surface area contributed by atoms with Crippen LogP contribution in [-0.4, -0.2) is 6.09 Å². The number of carbonyl (C=O) groups excluding carboxylic acids is 1. The summed E-state index contributed by atoms with van der Waals surface area (Å²) in [4.78, 5) is 11.1. The molecule has 4 heteroatoms. The van der Waals surface area contributed by atoms with Crippen LogP contribution in [0.15, 0.2) is 67.3 Å². The monoisotopic (exact) mass is 297 g/mol. The lowest BCUT2D eigenvalue weighted by atomic mass is 10.0. The number of benzene rings is 2. The van der Waals surface area contributed by atoms with Crippen molar-refractivity contribution in [2.45, 2.75) is 18.9 Å². The highest BCUT2D eigenvalue weighted by atomic mass is 16.6. The van der Waals surface area contributed by atoms with E-state index in [2.05, 4.69) is 6.58 Å². The minimum Gasteiger partial charge on any atom is -0.457 e. The highest BCUT2D eigenvalue weighted by Gasteiger charge is 2.15. The standard InChI is InChI=1S/C18H19NO3/c1-2-3-12-17(22-18(19)20)14-8-7-11-16(13-14)21-15-9-5-4-6-10-15/h2,4-11,13,17H,1,3,12H2,(H2,19,20)/t17-/m0/s1. The SMILES string of the molecule is C=CCC[C@H](OC(N)=O)c1cccc(Oc2ccccc2)c1. The van der Waals surface area contributed by atoms with Crippen LogP contribution in [0.1, 0.15) is 24.5 Å². The summed E-state index contributed by atoms with van der Waals surface area (Å²) in [7, 11) is 0. The fourth-order valence-corrected chi connectivity index (χ4v) is 2.11. The van der Waals surface area contributed by atoms with Crippen molar-refractivity contribution in [3.05, 3.63) is 72.8 Å². The molecular formula is C18H19NO3. The summed E-state index contributed by atoms with van der Waals surface area (Å²) < 4.78 is 11.0. The lowest BCUT2D eigenvalue weighted by Crippen LogP contribution is -2.17. The molecule has 0 radical (unpaired) electrons. The Labute approximate surface area is 130 Å². The summed E-state index contributed by atoms with van der Waals surface area (Å²) in [5.74, 6) is 1.43. The molecule has 1 atom stereocenters. The predicted molar refractivity (Wildman–Crippen MR) is 85.8 cm³/mol. The van der Waals surface area contributed by atoms with Crippen molar-refractivity contribution in [3.8, 4) is 11.5 Å². The van der Waals surface area contributed by atoms with E-state index in [0.29, 0.717) is 12.2 Å². The van der Waals surface area contributed by atoms with Gasteiger partial charge in [-0.3, -0.25) is 0 Å². The van der Waals surface area contributed by atoms with Gasteiger partial charge in [-0.15, -0.1) is 6.58 Å². The van der Waals surface area contributed by atoms with Gasteiger partial charge in [-0.2, -0.15) is 0 Å². The van der Waals surface area contributed by atoms with Crippen molar-refractivity contribution >= 4 is 6.09 Å². The molecule has 2 N–H and O–H groups in total. The Hall–Kier alpha value is -2.75. The van der Waals surface area contributed by atoms with Crippen LogP contribution in [0.5, 0.6) is 11.5 Å². The first kappa shape index (κ1) is 15.6. The number of amides is 1. The maximum absolute atomic E-state index is 11.1. The Kier molecular flexibility index (Phi) is 5.60. The minimum atomic E-state index is -0.788. The zero-order chi connectivity index (χ0) is 15.8. The van der Waals surface area contributed by atoms with Crippen LogP contribution >= 0.6 is 0 Å². The van der Waals surface area contributed by atoms with Gasteiger partial charge in [0.15, 0.2) is 0 Å². The molecule has 0 bridgehead atoms. The van der Waals surface area contributed by atoms with Crippen LogP contribution in [0.3, 0.4) is 0 Å². The minimum absolute atomic E-state index is 0.408. The first-order valence-electron chi connectivity index (χ1n) is 7.09. The molecule has 22 heavy (non-hydrogen) atoms. The van der Waals surface area contributed by atoms with Gasteiger partial charge in [0.25, 0.3) is 0 Å². The molecule has 0 aliphatic heterocycles. The highest BCUT2D eigenvalue weighted by molar-refractivity contribution is 5.65. The van der Waals surface area contributed by atoms with Crippen LogP contribution in [0.4, 0.5) is 4.79 Å². The van der Waals surface area contributed by atoms with Gasteiger partial charge >= 0.3 is 6.09 Å². The number of rotatable bonds is 7. The fraction of sp³-hybridized carbons (Fsp3) is 0.167. The van der Waals surface area contributed by atoms with Crippen molar-refractivity contribution in [2.24, 2.45) is 5.73 Å². The molecule has 0 fully saturated rings. The molecule has 4 nitrogen and oxygen atoms in total. The van der Waals surface area contributed by atoms with E-state index < -0.39 is 12.2 Å². The Morgan fingerprint density at radius 3 is 2.55 bits per heavy atom. The van der Waals surface area contributed by atoms with Crippen LogP contribution in [0.25, 0.3) is 0 Å². The van der Waals surface area contributed by atoms with Crippen molar-refractivity contribution in [3.63, 3.8) is 0 Å². The topological polar surface area (TPSA) is 61.5 Å². The summed E-state index contributed by atoms with van der Waals surface area (Å²) >= 11 is 0. The lowest BCUT2D eigenvalue weighted by Gasteiger charge is -2.17. The molecule has 0 aliphatic rings. The molecule has 0 aromatic heterocycles. The maximum Gasteiger partial charge on any atom is 0.405 e. The van der Waals surface area contributed by atoms with E-state index in [4.69, 9.17) is 15.2 Å². The van der Waals surface area contributed by atoms with Crippen molar-refractivity contribution in [1.29, 1.82) is 0 Å². The molecule has 2 aromatic rings. The van der Waals surface area contributed by atoms with Gasteiger partial charge < -0.3 is 15.2 Å². The van der Waals surface area contributed by atoms with Crippen molar-refractivity contribution in [1.82, 2.24) is 0 Å². The largest absolute Gasteiger partial charge is 0.457 e. The molecule has 114 valence electrons. The van der Waals surface area contributed by atoms with Gasteiger partial charge in [-0.1, -0.05) is 36.4 Å². The van der Waals surface area contributed by atoms with Crippen LogP contribution in [-0.2, 0) is 4.74 Å². The number of para-hydroxylation sites is 1. The van der Waals surface area contributed by atoms with Gasteiger partial charge in [0.05, 0.1) is 0 Å². The van der Waals surface area contributed by atoms with Crippen LogP contribution in [0.2, 0.25) is 0 Å². The molecule has 1 amide bonds. The number of primary amides is 1. The van der Waals surface area contributed by atoms with Gasteiger partial charge in [0.2, 0.25) is 0 Å². The number of hydrogen-bond acceptors (Lipinski definition) is 3. The third kappa shape index (κ3) is 4.66. The molecule has 2 rings (SSSR count). The van der Waals surface area contributed by atoms with E-state index in [1.807, 2.05) is 54.6 Å². The second-order valence-electron chi connectivity index (χ2n) is 4.78. The summed E-state index contributed by atoms with van der Waals surface area (Å²) in [5.41, 5.74) is 5.99. The first-order valence-corrected chi connectivity index (χ1v) is 7.09. The Balaban J connectivity index is 2.17. The lowest BCUT2D eigenvalue weighted by molar-refractivity contribution is 0.102. The van der Waals surface area contributed by atoms with Crippen LogP contribution in [0, 0.1) is 0 Å². The van der Waals surface area contributed by atoms with E-state index in [1.54, 1.807) is 6.08 Å². The van der Waals surface area contributed by atoms with Crippen LogP contribution < -0.4 is 10.5 Å². The number of allylic oxidation sites excluding steroid dienone is 1.